The molecule has 0 unspecified atom stereocenters. The minimum Gasteiger partial charge on any atom is -0.335 e. The standard InChI is InChI=1S/C23H31N3O3S/c1-18(2)23(20-7-5-4-6-8-20)24-17-22(27)25-13-15-26(16-14-25)30(28,29)21-11-9-19(3)10-12-21/h4-12,18,23-24H,13-17H2,1-3H3/p+1/t23-/m0/s1. The Labute approximate surface area is 179 Å². The van der Waals surface area contributed by atoms with Crippen molar-refractivity contribution in [3.05, 3.63) is 65.7 Å². The van der Waals surface area contributed by atoms with Gasteiger partial charge in [-0.2, -0.15) is 4.31 Å². The van der Waals surface area contributed by atoms with Crippen molar-refractivity contribution in [2.24, 2.45) is 5.92 Å². The highest BCUT2D eigenvalue weighted by atomic mass is 32.2. The van der Waals surface area contributed by atoms with Crippen molar-refractivity contribution in [3.8, 4) is 0 Å². The summed E-state index contributed by atoms with van der Waals surface area (Å²) in [5.74, 6) is 0.459. The first kappa shape index (κ1) is 22.5. The molecule has 1 saturated heterocycles. The summed E-state index contributed by atoms with van der Waals surface area (Å²) in [4.78, 5) is 14.8. The Bertz CT molecular complexity index is 935. The molecule has 1 aliphatic heterocycles. The van der Waals surface area contributed by atoms with E-state index in [1.165, 1.54) is 9.87 Å². The lowest BCUT2D eigenvalue weighted by Crippen LogP contribution is -2.88. The predicted molar refractivity (Wildman–Crippen MR) is 117 cm³/mol. The maximum Gasteiger partial charge on any atom is 0.277 e. The number of piperazine rings is 1. The number of carbonyl (C=O) groups is 1. The molecule has 0 aliphatic carbocycles. The van der Waals surface area contributed by atoms with Gasteiger partial charge in [0.1, 0.15) is 6.04 Å². The molecule has 0 spiro atoms. The van der Waals surface area contributed by atoms with Crippen LogP contribution in [-0.2, 0) is 14.8 Å². The maximum atomic E-state index is 12.8. The van der Waals surface area contributed by atoms with Gasteiger partial charge < -0.3 is 10.2 Å². The number of sulfonamides is 1. The topological polar surface area (TPSA) is 74.3 Å². The number of hydrogen-bond donors (Lipinski definition) is 1. The smallest absolute Gasteiger partial charge is 0.277 e. The van der Waals surface area contributed by atoms with Gasteiger partial charge in [-0.25, -0.2) is 8.42 Å². The summed E-state index contributed by atoms with van der Waals surface area (Å²) >= 11 is 0. The average molecular weight is 431 g/mol. The summed E-state index contributed by atoms with van der Waals surface area (Å²) in [6.07, 6.45) is 0. The number of nitrogens with zero attached hydrogens (tertiary/aromatic N) is 2. The van der Waals surface area contributed by atoms with Crippen LogP contribution in [-0.4, -0.2) is 56.3 Å². The molecule has 0 saturated carbocycles. The van der Waals surface area contributed by atoms with E-state index in [9.17, 15) is 13.2 Å². The summed E-state index contributed by atoms with van der Waals surface area (Å²) in [7, 11) is -3.51. The van der Waals surface area contributed by atoms with Crippen molar-refractivity contribution in [2.45, 2.75) is 31.7 Å². The molecule has 1 atom stereocenters. The number of rotatable bonds is 7. The largest absolute Gasteiger partial charge is 0.335 e. The van der Waals surface area contributed by atoms with Crippen LogP contribution in [0.5, 0.6) is 0 Å². The van der Waals surface area contributed by atoms with E-state index in [-0.39, 0.29) is 11.9 Å². The van der Waals surface area contributed by atoms with E-state index in [0.717, 1.165) is 5.56 Å². The molecular weight excluding hydrogens is 398 g/mol. The number of quaternary nitrogens is 1. The fourth-order valence-electron chi connectivity index (χ4n) is 3.86. The van der Waals surface area contributed by atoms with Gasteiger partial charge in [0.25, 0.3) is 5.91 Å². The van der Waals surface area contributed by atoms with Crippen LogP contribution in [0.4, 0.5) is 0 Å². The van der Waals surface area contributed by atoms with Crippen LogP contribution in [0, 0.1) is 12.8 Å². The molecule has 3 rings (SSSR count). The fraction of sp³-hybridized carbons (Fsp3) is 0.435. The zero-order valence-electron chi connectivity index (χ0n) is 18.0. The van der Waals surface area contributed by atoms with E-state index in [0.29, 0.717) is 43.5 Å². The molecule has 2 aromatic carbocycles. The highest BCUT2D eigenvalue weighted by Crippen LogP contribution is 2.19. The molecule has 6 nitrogen and oxygen atoms in total. The molecule has 1 amide bonds. The first-order chi connectivity index (χ1) is 14.3. The van der Waals surface area contributed by atoms with Crippen LogP contribution < -0.4 is 5.32 Å². The van der Waals surface area contributed by atoms with Gasteiger partial charge >= 0.3 is 0 Å². The highest BCUT2D eigenvalue weighted by Gasteiger charge is 2.31. The number of aryl methyl sites for hydroxylation is 1. The predicted octanol–water partition coefficient (Wildman–Crippen LogP) is 1.79. The summed E-state index contributed by atoms with van der Waals surface area (Å²) < 4.78 is 27.2. The van der Waals surface area contributed by atoms with Crippen LogP contribution in [0.2, 0.25) is 0 Å². The third kappa shape index (κ3) is 5.28. The van der Waals surface area contributed by atoms with E-state index in [1.807, 2.05) is 25.1 Å². The Hall–Kier alpha value is -2.22. The Morgan fingerprint density at radius 2 is 1.57 bits per heavy atom. The molecule has 1 aliphatic rings. The van der Waals surface area contributed by atoms with Gasteiger partial charge in [0.15, 0.2) is 6.54 Å². The molecule has 0 bridgehead atoms. The Kier molecular flexibility index (Phi) is 7.28. The maximum absolute atomic E-state index is 12.8. The first-order valence-corrected chi connectivity index (χ1v) is 12.0. The number of benzene rings is 2. The average Bonchev–Trinajstić information content (AvgIpc) is 2.74. The third-order valence-electron chi connectivity index (χ3n) is 5.70. The summed E-state index contributed by atoms with van der Waals surface area (Å²) in [6, 6.07) is 17.4. The summed E-state index contributed by atoms with van der Waals surface area (Å²) in [5, 5.41) is 2.09. The molecule has 0 aromatic heterocycles. The quantitative estimate of drug-likeness (QED) is 0.728. The number of nitrogens with two attached hydrogens (primary N) is 1. The van der Waals surface area contributed by atoms with Crippen molar-refractivity contribution in [2.75, 3.05) is 32.7 Å². The van der Waals surface area contributed by atoms with Crippen LogP contribution >= 0.6 is 0 Å². The van der Waals surface area contributed by atoms with Gasteiger partial charge in [0.2, 0.25) is 10.0 Å². The molecule has 2 aromatic rings. The van der Waals surface area contributed by atoms with Gasteiger partial charge in [0, 0.05) is 37.7 Å². The number of amides is 1. The van der Waals surface area contributed by atoms with E-state index in [4.69, 9.17) is 0 Å². The first-order valence-electron chi connectivity index (χ1n) is 10.5. The molecule has 0 radical (unpaired) electrons. The highest BCUT2D eigenvalue weighted by molar-refractivity contribution is 7.89. The number of carbonyl (C=O) groups excluding carboxylic acids is 1. The van der Waals surface area contributed by atoms with Crippen molar-refractivity contribution in [1.29, 1.82) is 0 Å². The van der Waals surface area contributed by atoms with Crippen LogP contribution in [0.1, 0.15) is 31.0 Å². The fourth-order valence-corrected chi connectivity index (χ4v) is 5.28. The van der Waals surface area contributed by atoms with E-state index >= 15 is 0 Å². The zero-order chi connectivity index (χ0) is 21.7. The van der Waals surface area contributed by atoms with Crippen molar-refractivity contribution >= 4 is 15.9 Å². The van der Waals surface area contributed by atoms with Crippen molar-refractivity contribution in [3.63, 3.8) is 0 Å². The van der Waals surface area contributed by atoms with Gasteiger partial charge in [-0.05, 0) is 19.1 Å². The molecular formula is C23H32N3O3S+. The van der Waals surface area contributed by atoms with Crippen LogP contribution in [0.25, 0.3) is 0 Å². The minimum atomic E-state index is -3.51. The second kappa shape index (κ2) is 9.73. The minimum absolute atomic E-state index is 0.0592. The normalized spacial score (nSPS) is 16.6. The Morgan fingerprint density at radius 3 is 2.13 bits per heavy atom. The second-order valence-corrected chi connectivity index (χ2v) is 10.2. The molecule has 7 heteroatoms. The van der Waals surface area contributed by atoms with E-state index < -0.39 is 10.0 Å². The second-order valence-electron chi connectivity index (χ2n) is 8.22. The molecule has 30 heavy (non-hydrogen) atoms. The lowest BCUT2D eigenvalue weighted by Gasteiger charge is -2.34. The lowest BCUT2D eigenvalue weighted by atomic mass is 9.96. The number of hydrogen-bond acceptors (Lipinski definition) is 3. The molecule has 1 heterocycles. The van der Waals surface area contributed by atoms with E-state index in [1.54, 1.807) is 29.2 Å². The van der Waals surface area contributed by atoms with Gasteiger partial charge in [-0.3, -0.25) is 4.79 Å². The molecule has 162 valence electrons. The molecule has 1 fully saturated rings. The zero-order valence-corrected chi connectivity index (χ0v) is 18.8. The summed E-state index contributed by atoms with van der Waals surface area (Å²) in [5.41, 5.74) is 2.24. The summed E-state index contributed by atoms with van der Waals surface area (Å²) in [6.45, 7) is 8.12. The monoisotopic (exact) mass is 430 g/mol. The van der Waals surface area contributed by atoms with Gasteiger partial charge in [-0.15, -0.1) is 0 Å². The van der Waals surface area contributed by atoms with Crippen LogP contribution in [0.3, 0.4) is 0 Å². The SMILES string of the molecule is Cc1ccc(S(=O)(=O)N2CCN(C(=O)C[NH2+][C@H](c3ccccc3)C(C)C)CC2)cc1. The Balaban J connectivity index is 1.55. The molecule has 2 N–H and O–H groups in total. The van der Waals surface area contributed by atoms with Gasteiger partial charge in [0.05, 0.1) is 4.90 Å². The van der Waals surface area contributed by atoms with Crippen LogP contribution in [0.15, 0.2) is 59.5 Å². The Morgan fingerprint density at radius 1 is 0.967 bits per heavy atom. The lowest BCUT2D eigenvalue weighted by molar-refractivity contribution is -0.692. The van der Waals surface area contributed by atoms with Gasteiger partial charge in [-0.1, -0.05) is 61.9 Å². The van der Waals surface area contributed by atoms with Crippen molar-refractivity contribution < 1.29 is 18.5 Å². The van der Waals surface area contributed by atoms with E-state index in [2.05, 4.69) is 31.3 Å². The van der Waals surface area contributed by atoms with Crippen molar-refractivity contribution in [1.82, 2.24) is 9.21 Å². The third-order valence-corrected chi connectivity index (χ3v) is 7.61.